The minimum absolute atomic E-state index is 0.842. The molecule has 0 N–H and O–H groups in total. The largest absolute Gasteiger partial charge is 0.498 e. The summed E-state index contributed by atoms with van der Waals surface area (Å²) in [6.07, 6.45) is 13.7. The monoisotopic (exact) mass is 236 g/mol. The second kappa shape index (κ2) is 6.47. The third-order valence-electron chi connectivity index (χ3n) is 4.92. The van der Waals surface area contributed by atoms with Crippen LogP contribution in [0.2, 0.25) is 0 Å². The number of ether oxygens (including phenoxy) is 1. The molecule has 0 heterocycles. The van der Waals surface area contributed by atoms with Crippen molar-refractivity contribution in [3.05, 3.63) is 11.8 Å². The molecule has 1 heteroatoms. The highest BCUT2D eigenvalue weighted by Gasteiger charge is 2.33. The van der Waals surface area contributed by atoms with Crippen LogP contribution < -0.4 is 0 Å². The van der Waals surface area contributed by atoms with E-state index in [0.717, 1.165) is 30.1 Å². The molecule has 0 amide bonds. The van der Waals surface area contributed by atoms with Crippen molar-refractivity contribution in [2.75, 3.05) is 6.61 Å². The van der Waals surface area contributed by atoms with Crippen molar-refractivity contribution in [1.29, 1.82) is 0 Å². The van der Waals surface area contributed by atoms with Gasteiger partial charge in [-0.15, -0.1) is 0 Å². The Labute approximate surface area is 107 Å². The van der Waals surface area contributed by atoms with E-state index >= 15 is 0 Å². The Hall–Kier alpha value is -0.460. The van der Waals surface area contributed by atoms with E-state index in [2.05, 4.69) is 19.9 Å². The topological polar surface area (TPSA) is 9.23 Å². The first-order chi connectivity index (χ1) is 8.31. The molecule has 0 atom stereocenters. The van der Waals surface area contributed by atoms with E-state index in [9.17, 15) is 0 Å². The van der Waals surface area contributed by atoms with Gasteiger partial charge < -0.3 is 4.74 Å². The zero-order valence-corrected chi connectivity index (χ0v) is 11.6. The Morgan fingerprint density at radius 3 is 1.94 bits per heavy atom. The minimum atomic E-state index is 0.842. The predicted octanol–water partition coefficient (Wildman–Crippen LogP) is 4.92. The highest BCUT2D eigenvalue weighted by molar-refractivity contribution is 4.88. The summed E-state index contributed by atoms with van der Waals surface area (Å²) >= 11 is 0. The number of hydrogen-bond acceptors (Lipinski definition) is 1. The summed E-state index contributed by atoms with van der Waals surface area (Å²) in [6, 6.07) is 0. The molecule has 2 fully saturated rings. The van der Waals surface area contributed by atoms with Gasteiger partial charge in [0.1, 0.15) is 0 Å². The zero-order chi connectivity index (χ0) is 12.1. The fraction of sp³-hybridized carbons (Fsp3) is 0.875. The van der Waals surface area contributed by atoms with Gasteiger partial charge in [0.05, 0.1) is 12.4 Å². The third kappa shape index (κ3) is 3.50. The van der Waals surface area contributed by atoms with E-state index in [1.54, 1.807) is 0 Å². The Morgan fingerprint density at radius 2 is 1.53 bits per heavy atom. The fourth-order valence-electron chi connectivity index (χ4n) is 3.74. The second-order valence-corrected chi connectivity index (χ2v) is 5.96. The van der Waals surface area contributed by atoms with Crippen LogP contribution >= 0.6 is 0 Å². The Balaban J connectivity index is 1.91. The highest BCUT2D eigenvalue weighted by Crippen LogP contribution is 2.41. The van der Waals surface area contributed by atoms with Crippen molar-refractivity contribution in [2.24, 2.45) is 17.8 Å². The molecule has 17 heavy (non-hydrogen) atoms. The first kappa shape index (κ1) is 13.0. The van der Waals surface area contributed by atoms with Crippen LogP contribution in [0.5, 0.6) is 0 Å². The summed E-state index contributed by atoms with van der Waals surface area (Å²) in [5.41, 5.74) is 0. The van der Waals surface area contributed by atoms with Crippen LogP contribution in [0.4, 0.5) is 0 Å². The van der Waals surface area contributed by atoms with Gasteiger partial charge in [0.25, 0.3) is 0 Å². The molecule has 0 aromatic carbocycles. The number of hydrogen-bond donors (Lipinski definition) is 0. The molecule has 1 nitrogen and oxygen atoms in total. The van der Waals surface area contributed by atoms with E-state index in [-0.39, 0.29) is 0 Å². The van der Waals surface area contributed by atoms with Crippen LogP contribution in [0.15, 0.2) is 11.8 Å². The maximum atomic E-state index is 5.94. The van der Waals surface area contributed by atoms with Crippen LogP contribution in [0.25, 0.3) is 0 Å². The van der Waals surface area contributed by atoms with Crippen molar-refractivity contribution in [2.45, 2.75) is 65.2 Å². The maximum absolute atomic E-state index is 5.94. The second-order valence-electron chi connectivity index (χ2n) is 5.96. The summed E-state index contributed by atoms with van der Waals surface area (Å²) in [5.74, 6) is 3.87. The van der Waals surface area contributed by atoms with Gasteiger partial charge in [0.2, 0.25) is 0 Å². The molecular weight excluding hydrogens is 208 g/mol. The molecule has 0 spiro atoms. The van der Waals surface area contributed by atoms with Gasteiger partial charge in [-0.05, 0) is 31.6 Å². The highest BCUT2D eigenvalue weighted by atomic mass is 16.5. The summed E-state index contributed by atoms with van der Waals surface area (Å²) < 4.78 is 5.94. The number of allylic oxidation sites excluding steroid dienone is 2. The molecule has 2 saturated carbocycles. The summed E-state index contributed by atoms with van der Waals surface area (Å²) in [7, 11) is 0. The lowest BCUT2D eigenvalue weighted by atomic mass is 9.80. The van der Waals surface area contributed by atoms with E-state index in [1.165, 1.54) is 51.4 Å². The van der Waals surface area contributed by atoms with E-state index in [4.69, 9.17) is 4.74 Å². The molecule has 0 aromatic rings. The van der Waals surface area contributed by atoms with Crippen molar-refractivity contribution in [1.82, 2.24) is 0 Å². The molecule has 0 saturated heterocycles. The maximum Gasteiger partial charge on any atom is 0.0910 e. The third-order valence-corrected chi connectivity index (χ3v) is 4.92. The van der Waals surface area contributed by atoms with Gasteiger partial charge in [-0.25, -0.2) is 0 Å². The first-order valence-electron chi connectivity index (χ1n) is 7.57. The van der Waals surface area contributed by atoms with Crippen molar-refractivity contribution < 1.29 is 4.74 Å². The average Bonchev–Trinajstić information content (AvgIpc) is 3.01. The van der Waals surface area contributed by atoms with Crippen LogP contribution in [-0.2, 0) is 4.74 Å². The van der Waals surface area contributed by atoms with Crippen molar-refractivity contribution in [3.8, 4) is 0 Å². The average molecular weight is 236 g/mol. The molecule has 0 bridgehead atoms. The summed E-state index contributed by atoms with van der Waals surface area (Å²) in [5, 5.41) is 0. The predicted molar refractivity (Wildman–Crippen MR) is 72.8 cm³/mol. The molecular formula is C16H28O. The van der Waals surface area contributed by atoms with Gasteiger partial charge in [-0.3, -0.25) is 0 Å². The van der Waals surface area contributed by atoms with Crippen LogP contribution in [0, 0.1) is 17.8 Å². The van der Waals surface area contributed by atoms with E-state index < -0.39 is 0 Å². The standard InChI is InChI=1S/C16H28O/c1-3-13(2)17-12-16(14-8-4-5-9-14)15-10-6-7-11-15/h3,14-16H,4-12H2,1-2H3. The lowest BCUT2D eigenvalue weighted by Gasteiger charge is -2.29. The summed E-state index contributed by atoms with van der Waals surface area (Å²) in [4.78, 5) is 0. The SMILES string of the molecule is CC=C(C)OCC(C1CCCC1)C1CCCC1. The Morgan fingerprint density at radius 1 is 1.06 bits per heavy atom. The minimum Gasteiger partial charge on any atom is -0.498 e. The van der Waals surface area contributed by atoms with Gasteiger partial charge in [0, 0.05) is 0 Å². The lowest BCUT2D eigenvalue weighted by Crippen LogP contribution is -2.25. The number of rotatable bonds is 5. The lowest BCUT2D eigenvalue weighted by molar-refractivity contribution is 0.0932. The summed E-state index contributed by atoms with van der Waals surface area (Å²) in [6.45, 7) is 5.13. The Bertz CT molecular complexity index is 228. The van der Waals surface area contributed by atoms with E-state index in [0.29, 0.717) is 0 Å². The fourth-order valence-corrected chi connectivity index (χ4v) is 3.74. The molecule has 98 valence electrons. The van der Waals surface area contributed by atoms with E-state index in [1.807, 2.05) is 0 Å². The smallest absolute Gasteiger partial charge is 0.0910 e. The molecule has 0 aliphatic heterocycles. The molecule has 2 aliphatic rings. The first-order valence-corrected chi connectivity index (χ1v) is 7.57. The van der Waals surface area contributed by atoms with Gasteiger partial charge in [-0.1, -0.05) is 57.4 Å². The van der Waals surface area contributed by atoms with Crippen LogP contribution in [-0.4, -0.2) is 6.61 Å². The van der Waals surface area contributed by atoms with Crippen molar-refractivity contribution in [3.63, 3.8) is 0 Å². The van der Waals surface area contributed by atoms with Crippen molar-refractivity contribution >= 4 is 0 Å². The van der Waals surface area contributed by atoms with Gasteiger partial charge in [-0.2, -0.15) is 0 Å². The molecule has 2 rings (SSSR count). The molecule has 0 aromatic heterocycles. The molecule has 0 unspecified atom stereocenters. The van der Waals surface area contributed by atoms with Crippen LogP contribution in [0.3, 0.4) is 0 Å². The molecule has 0 radical (unpaired) electrons. The zero-order valence-electron chi connectivity index (χ0n) is 11.6. The molecule has 2 aliphatic carbocycles. The quantitative estimate of drug-likeness (QED) is 0.615. The normalized spacial score (nSPS) is 23.8. The van der Waals surface area contributed by atoms with Crippen LogP contribution in [0.1, 0.15) is 65.2 Å². The Kier molecular flexibility index (Phi) is 4.94. The van der Waals surface area contributed by atoms with Gasteiger partial charge >= 0.3 is 0 Å². The van der Waals surface area contributed by atoms with Gasteiger partial charge in [0.15, 0.2) is 0 Å².